The fraction of sp³-hybridized carbons (Fsp3) is 0.857. The molecule has 0 atom stereocenters. The molecule has 0 spiro atoms. The van der Waals surface area contributed by atoms with E-state index in [2.05, 4.69) is 20.8 Å². The highest BCUT2D eigenvalue weighted by Crippen LogP contribution is 2.37. The predicted octanol–water partition coefficient (Wildman–Crippen LogP) is 2.54. The Morgan fingerprint density at radius 1 is 1.14 bits per heavy atom. The van der Waals surface area contributed by atoms with Gasteiger partial charge in [-0.15, -0.1) is 0 Å². The minimum atomic E-state index is -2.23. The summed E-state index contributed by atoms with van der Waals surface area (Å²) in [5.41, 5.74) is 1.40. The quantitative estimate of drug-likeness (QED) is 0.349. The summed E-state index contributed by atoms with van der Waals surface area (Å²) in [4.78, 5) is 23.6. The number of hydrogen-bond donors (Lipinski definition) is 2. The van der Waals surface area contributed by atoms with Gasteiger partial charge >= 0.3 is 6.09 Å². The molecule has 0 fully saturated rings. The molecule has 0 aromatic rings. The number of nitrogens with zero attached hydrogens (tertiary/aromatic N) is 1. The van der Waals surface area contributed by atoms with Crippen LogP contribution in [0.15, 0.2) is 0 Å². The minimum absolute atomic E-state index is 0.0460. The summed E-state index contributed by atoms with van der Waals surface area (Å²) in [6.45, 7) is 15.7. The number of amides is 2. The second-order valence-electron chi connectivity index (χ2n) is 7.75. The Kier molecular flexibility index (Phi) is 7.05. The van der Waals surface area contributed by atoms with Crippen LogP contribution in [0, 0.1) is 0 Å². The lowest BCUT2D eigenvalue weighted by atomic mass is 10.2. The first-order chi connectivity index (χ1) is 9.69. The molecule has 0 aromatic carbocycles. The van der Waals surface area contributed by atoms with Gasteiger partial charge < -0.3 is 9.26 Å². The zero-order chi connectivity index (χ0) is 17.8. The van der Waals surface area contributed by atoms with Crippen LogP contribution in [0.2, 0.25) is 18.1 Å². The van der Waals surface area contributed by atoms with E-state index in [1.807, 2.05) is 18.5 Å². The van der Waals surface area contributed by atoms with E-state index in [9.17, 15) is 9.59 Å². The van der Waals surface area contributed by atoms with Gasteiger partial charge in [-0.05, 0) is 38.9 Å². The van der Waals surface area contributed by atoms with Gasteiger partial charge in [0, 0.05) is 6.42 Å². The van der Waals surface area contributed by atoms with Gasteiger partial charge in [0.05, 0.1) is 6.54 Å². The zero-order valence-corrected chi connectivity index (χ0v) is 16.1. The Morgan fingerprint density at radius 3 is 2.00 bits per heavy atom. The molecule has 0 saturated carbocycles. The van der Waals surface area contributed by atoms with E-state index in [1.165, 1.54) is 0 Å². The van der Waals surface area contributed by atoms with Crippen molar-refractivity contribution in [2.75, 3.05) is 6.54 Å². The number of hydrogen-bond acceptors (Lipinski definition) is 5. The molecule has 0 unspecified atom stereocenters. The van der Waals surface area contributed by atoms with Crippen molar-refractivity contribution < 1.29 is 18.9 Å². The average molecular weight is 334 g/mol. The van der Waals surface area contributed by atoms with Crippen molar-refractivity contribution in [1.82, 2.24) is 10.5 Å². The van der Waals surface area contributed by atoms with Gasteiger partial charge in [-0.25, -0.2) is 10.6 Å². The summed E-state index contributed by atoms with van der Waals surface area (Å²) in [5.74, 6) is 4.70. The molecule has 130 valence electrons. The SMILES string of the molecule is CC(C)(C)OC(=O)N(CCC(=O)NN)O[Si](C)(C)C(C)(C)C. The van der Waals surface area contributed by atoms with Crippen molar-refractivity contribution in [3.8, 4) is 0 Å². The van der Waals surface area contributed by atoms with Gasteiger partial charge in [-0.1, -0.05) is 20.8 Å². The van der Waals surface area contributed by atoms with Crippen LogP contribution in [0.25, 0.3) is 0 Å². The Hall–Kier alpha value is -1.12. The minimum Gasteiger partial charge on any atom is -0.442 e. The molecule has 0 aliphatic carbocycles. The first-order valence-electron chi connectivity index (χ1n) is 7.39. The summed E-state index contributed by atoms with van der Waals surface area (Å²) in [6, 6.07) is 0. The lowest BCUT2D eigenvalue weighted by Gasteiger charge is -2.39. The highest BCUT2D eigenvalue weighted by molar-refractivity contribution is 6.74. The summed E-state index contributed by atoms with van der Waals surface area (Å²) >= 11 is 0. The van der Waals surface area contributed by atoms with Crippen LogP contribution in [-0.2, 0) is 14.1 Å². The van der Waals surface area contributed by atoms with Crippen LogP contribution in [0.5, 0.6) is 0 Å². The number of hydroxylamine groups is 2. The lowest BCUT2D eigenvalue weighted by molar-refractivity contribution is -0.124. The van der Waals surface area contributed by atoms with Crippen LogP contribution < -0.4 is 11.3 Å². The number of nitrogens with one attached hydrogen (secondary N) is 1. The first-order valence-corrected chi connectivity index (χ1v) is 10.3. The number of rotatable bonds is 5. The Balaban J connectivity index is 5.09. The molecular weight excluding hydrogens is 302 g/mol. The van der Waals surface area contributed by atoms with Crippen molar-refractivity contribution in [3.05, 3.63) is 0 Å². The van der Waals surface area contributed by atoms with Crippen molar-refractivity contribution in [1.29, 1.82) is 0 Å². The molecule has 2 amide bonds. The van der Waals surface area contributed by atoms with Gasteiger partial charge in [0.1, 0.15) is 5.60 Å². The van der Waals surface area contributed by atoms with Crippen LogP contribution in [0.4, 0.5) is 4.79 Å². The number of nitrogens with two attached hydrogens (primary N) is 1. The molecule has 0 bridgehead atoms. The Bertz CT molecular complexity index is 400. The normalized spacial score (nSPS) is 12.8. The summed E-state index contributed by atoms with van der Waals surface area (Å²) in [6.07, 6.45) is -0.549. The third kappa shape index (κ3) is 7.23. The highest BCUT2D eigenvalue weighted by Gasteiger charge is 2.41. The van der Waals surface area contributed by atoms with Crippen molar-refractivity contribution in [3.63, 3.8) is 0 Å². The summed E-state index contributed by atoms with van der Waals surface area (Å²) in [7, 11) is -2.23. The lowest BCUT2D eigenvalue weighted by Crippen LogP contribution is -2.50. The molecule has 8 heteroatoms. The third-order valence-electron chi connectivity index (χ3n) is 3.44. The van der Waals surface area contributed by atoms with Gasteiger partial charge in [0.15, 0.2) is 0 Å². The number of carbonyl (C=O) groups is 2. The maximum absolute atomic E-state index is 12.3. The van der Waals surface area contributed by atoms with E-state index in [1.54, 1.807) is 20.8 Å². The molecule has 0 heterocycles. The van der Waals surface area contributed by atoms with Crippen LogP contribution >= 0.6 is 0 Å². The Morgan fingerprint density at radius 2 is 1.64 bits per heavy atom. The van der Waals surface area contributed by atoms with Gasteiger partial charge in [-0.3, -0.25) is 10.2 Å². The molecule has 0 rings (SSSR count). The van der Waals surface area contributed by atoms with Gasteiger partial charge in [0.2, 0.25) is 14.2 Å². The molecule has 22 heavy (non-hydrogen) atoms. The number of carbonyl (C=O) groups excluding carboxylic acids is 2. The Labute approximate surface area is 134 Å². The highest BCUT2D eigenvalue weighted by atomic mass is 28.4. The molecule has 3 N–H and O–H groups in total. The largest absolute Gasteiger partial charge is 0.442 e. The predicted molar refractivity (Wildman–Crippen MR) is 88.2 cm³/mol. The van der Waals surface area contributed by atoms with E-state index in [0.717, 1.165) is 5.06 Å². The third-order valence-corrected chi connectivity index (χ3v) is 7.73. The van der Waals surface area contributed by atoms with E-state index in [0.29, 0.717) is 0 Å². The molecular formula is C14H31N3O4Si. The van der Waals surface area contributed by atoms with E-state index in [4.69, 9.17) is 15.1 Å². The topological polar surface area (TPSA) is 93.9 Å². The van der Waals surface area contributed by atoms with Crippen molar-refractivity contribution in [2.45, 2.75) is 71.7 Å². The fourth-order valence-corrected chi connectivity index (χ4v) is 2.17. The summed E-state index contributed by atoms with van der Waals surface area (Å²) < 4.78 is 11.3. The van der Waals surface area contributed by atoms with E-state index >= 15 is 0 Å². The molecule has 0 radical (unpaired) electrons. The number of hydrazine groups is 1. The van der Waals surface area contributed by atoms with E-state index < -0.39 is 20.0 Å². The fourth-order valence-electron chi connectivity index (χ4n) is 1.17. The maximum Gasteiger partial charge on any atom is 0.433 e. The van der Waals surface area contributed by atoms with Crippen molar-refractivity contribution >= 4 is 20.3 Å². The maximum atomic E-state index is 12.3. The molecule has 0 aromatic heterocycles. The van der Waals surface area contributed by atoms with Gasteiger partial charge in [-0.2, -0.15) is 5.06 Å². The van der Waals surface area contributed by atoms with Crippen LogP contribution in [-0.4, -0.2) is 37.5 Å². The molecule has 0 aliphatic heterocycles. The zero-order valence-electron chi connectivity index (χ0n) is 15.1. The standard InChI is InChI=1S/C14H31N3O4Si/c1-13(2,3)20-12(19)17(10-9-11(18)16-15)21-22(7,8)14(4,5)6/h9-10,15H2,1-8H3,(H,16,18). The smallest absolute Gasteiger partial charge is 0.433 e. The second-order valence-corrected chi connectivity index (χ2v) is 12.5. The monoisotopic (exact) mass is 333 g/mol. The first kappa shape index (κ1) is 20.9. The molecule has 7 nitrogen and oxygen atoms in total. The second kappa shape index (κ2) is 7.43. The average Bonchev–Trinajstić information content (AvgIpc) is 2.30. The van der Waals surface area contributed by atoms with Crippen LogP contribution in [0.3, 0.4) is 0 Å². The van der Waals surface area contributed by atoms with Gasteiger partial charge in [0.25, 0.3) is 0 Å². The van der Waals surface area contributed by atoms with Crippen LogP contribution in [0.1, 0.15) is 48.0 Å². The van der Waals surface area contributed by atoms with E-state index in [-0.39, 0.29) is 23.9 Å². The number of ether oxygens (including phenoxy) is 1. The van der Waals surface area contributed by atoms with Crippen molar-refractivity contribution in [2.24, 2.45) is 5.84 Å². The molecule has 0 aliphatic rings. The summed E-state index contributed by atoms with van der Waals surface area (Å²) in [5, 5.41) is 1.07. The molecule has 0 saturated heterocycles.